The Morgan fingerprint density at radius 3 is 2.94 bits per heavy atom. The van der Waals surface area contributed by atoms with Crippen LogP contribution in [0.4, 0.5) is 5.82 Å². The van der Waals surface area contributed by atoms with E-state index in [9.17, 15) is 5.11 Å². The lowest BCUT2D eigenvalue weighted by molar-refractivity contribution is 0.476. The molecule has 3 heteroatoms. The van der Waals surface area contributed by atoms with Gasteiger partial charge in [0, 0.05) is 17.6 Å². The van der Waals surface area contributed by atoms with Crippen molar-refractivity contribution in [1.82, 2.24) is 4.98 Å². The highest BCUT2D eigenvalue weighted by molar-refractivity contribution is 5.92. The van der Waals surface area contributed by atoms with Crippen LogP contribution in [0.25, 0.3) is 10.8 Å². The van der Waals surface area contributed by atoms with E-state index in [-0.39, 0.29) is 5.75 Å². The Kier molecular flexibility index (Phi) is 2.95. The molecule has 1 atom stereocenters. The average molecular weight is 216 g/mol. The van der Waals surface area contributed by atoms with Crippen LogP contribution in [0.2, 0.25) is 0 Å². The zero-order valence-electron chi connectivity index (χ0n) is 9.57. The van der Waals surface area contributed by atoms with Gasteiger partial charge >= 0.3 is 0 Å². The van der Waals surface area contributed by atoms with Crippen molar-refractivity contribution >= 4 is 16.6 Å². The Morgan fingerprint density at radius 2 is 2.19 bits per heavy atom. The van der Waals surface area contributed by atoms with E-state index in [2.05, 4.69) is 24.1 Å². The van der Waals surface area contributed by atoms with Gasteiger partial charge in [-0.3, -0.25) is 0 Å². The van der Waals surface area contributed by atoms with Gasteiger partial charge in [0.25, 0.3) is 0 Å². The number of hydrogen-bond donors (Lipinski definition) is 2. The fourth-order valence-electron chi connectivity index (χ4n) is 1.61. The number of anilines is 1. The number of phenols is 1. The van der Waals surface area contributed by atoms with Crippen molar-refractivity contribution in [2.24, 2.45) is 0 Å². The standard InChI is InChI=1S/C13H16N2O/c1-3-9(2)15-13-12-8-11(16)5-4-10(12)6-7-14-13/h4-9,16H,3H2,1-2H3,(H,14,15). The molecular formula is C13H16N2O. The third kappa shape index (κ3) is 2.08. The second-order valence-corrected chi connectivity index (χ2v) is 4.02. The van der Waals surface area contributed by atoms with Crippen molar-refractivity contribution in [2.75, 3.05) is 5.32 Å². The largest absolute Gasteiger partial charge is 0.508 e. The van der Waals surface area contributed by atoms with Gasteiger partial charge in [-0.25, -0.2) is 4.98 Å². The molecule has 2 N–H and O–H groups in total. The van der Waals surface area contributed by atoms with Crippen LogP contribution >= 0.6 is 0 Å². The third-order valence-electron chi connectivity index (χ3n) is 2.75. The van der Waals surface area contributed by atoms with E-state index >= 15 is 0 Å². The van der Waals surface area contributed by atoms with Gasteiger partial charge in [-0.15, -0.1) is 0 Å². The average Bonchev–Trinajstić information content (AvgIpc) is 2.29. The number of nitrogens with one attached hydrogen (secondary N) is 1. The van der Waals surface area contributed by atoms with Crippen LogP contribution in [0.15, 0.2) is 30.5 Å². The molecule has 0 saturated heterocycles. The Bertz CT molecular complexity index is 496. The zero-order chi connectivity index (χ0) is 11.5. The van der Waals surface area contributed by atoms with Gasteiger partial charge in [-0.2, -0.15) is 0 Å². The molecule has 0 aliphatic carbocycles. The second kappa shape index (κ2) is 4.39. The zero-order valence-corrected chi connectivity index (χ0v) is 9.57. The lowest BCUT2D eigenvalue weighted by Gasteiger charge is -2.14. The predicted octanol–water partition coefficient (Wildman–Crippen LogP) is 3.15. The van der Waals surface area contributed by atoms with Gasteiger partial charge in [-0.05, 0) is 36.9 Å². The molecule has 0 bridgehead atoms. The van der Waals surface area contributed by atoms with Crippen LogP contribution < -0.4 is 5.32 Å². The molecule has 0 aliphatic rings. The summed E-state index contributed by atoms with van der Waals surface area (Å²) in [5.41, 5.74) is 0. The number of aromatic nitrogens is 1. The maximum atomic E-state index is 9.49. The molecule has 3 nitrogen and oxygen atoms in total. The van der Waals surface area contributed by atoms with E-state index in [4.69, 9.17) is 0 Å². The van der Waals surface area contributed by atoms with E-state index in [1.807, 2.05) is 12.1 Å². The highest BCUT2D eigenvalue weighted by Crippen LogP contribution is 2.25. The van der Waals surface area contributed by atoms with Crippen LogP contribution in [-0.2, 0) is 0 Å². The van der Waals surface area contributed by atoms with Gasteiger partial charge in [0.15, 0.2) is 0 Å². The first-order chi connectivity index (χ1) is 7.70. The molecule has 0 fully saturated rings. The molecule has 1 heterocycles. The number of phenolic OH excluding ortho intramolecular Hbond substituents is 1. The third-order valence-corrected chi connectivity index (χ3v) is 2.75. The summed E-state index contributed by atoms with van der Waals surface area (Å²) in [5, 5.41) is 14.9. The first-order valence-corrected chi connectivity index (χ1v) is 5.55. The summed E-state index contributed by atoms with van der Waals surface area (Å²) in [6.07, 6.45) is 2.82. The van der Waals surface area contributed by atoms with Gasteiger partial charge in [0.1, 0.15) is 11.6 Å². The molecule has 0 aliphatic heterocycles. The van der Waals surface area contributed by atoms with Crippen molar-refractivity contribution in [1.29, 1.82) is 0 Å². The van der Waals surface area contributed by atoms with Crippen LogP contribution in [0, 0.1) is 0 Å². The van der Waals surface area contributed by atoms with Crippen LogP contribution in [-0.4, -0.2) is 16.1 Å². The van der Waals surface area contributed by atoms with E-state index in [1.54, 1.807) is 18.3 Å². The van der Waals surface area contributed by atoms with E-state index < -0.39 is 0 Å². The first kappa shape index (κ1) is 10.7. The predicted molar refractivity (Wildman–Crippen MR) is 66.8 cm³/mol. The number of fused-ring (bicyclic) bond motifs is 1. The normalized spacial score (nSPS) is 12.6. The van der Waals surface area contributed by atoms with Crippen molar-refractivity contribution in [3.05, 3.63) is 30.5 Å². The maximum Gasteiger partial charge on any atom is 0.134 e. The van der Waals surface area contributed by atoms with Crippen molar-refractivity contribution in [2.45, 2.75) is 26.3 Å². The summed E-state index contributed by atoms with van der Waals surface area (Å²) in [6, 6.07) is 7.65. The van der Waals surface area contributed by atoms with Gasteiger partial charge in [0.2, 0.25) is 0 Å². The maximum absolute atomic E-state index is 9.49. The van der Waals surface area contributed by atoms with Gasteiger partial charge in [0.05, 0.1) is 0 Å². The minimum Gasteiger partial charge on any atom is -0.508 e. The molecule has 0 radical (unpaired) electrons. The van der Waals surface area contributed by atoms with Crippen molar-refractivity contribution in [3.63, 3.8) is 0 Å². The molecule has 2 rings (SSSR count). The smallest absolute Gasteiger partial charge is 0.134 e. The van der Waals surface area contributed by atoms with Crippen LogP contribution in [0.5, 0.6) is 5.75 Å². The fraction of sp³-hybridized carbons (Fsp3) is 0.308. The molecule has 1 unspecified atom stereocenters. The Morgan fingerprint density at radius 1 is 1.38 bits per heavy atom. The topological polar surface area (TPSA) is 45.2 Å². The fourth-order valence-corrected chi connectivity index (χ4v) is 1.61. The Hall–Kier alpha value is -1.77. The second-order valence-electron chi connectivity index (χ2n) is 4.02. The Balaban J connectivity index is 2.47. The molecule has 2 aromatic rings. The van der Waals surface area contributed by atoms with E-state index in [0.29, 0.717) is 6.04 Å². The summed E-state index contributed by atoms with van der Waals surface area (Å²) in [5.74, 6) is 1.11. The number of benzene rings is 1. The number of hydrogen-bond acceptors (Lipinski definition) is 3. The number of nitrogens with zero attached hydrogens (tertiary/aromatic N) is 1. The lowest BCUT2D eigenvalue weighted by Crippen LogP contribution is -2.14. The molecule has 0 amide bonds. The number of rotatable bonds is 3. The quantitative estimate of drug-likeness (QED) is 0.828. The van der Waals surface area contributed by atoms with Crippen molar-refractivity contribution < 1.29 is 5.11 Å². The van der Waals surface area contributed by atoms with E-state index in [0.717, 1.165) is 23.0 Å². The lowest BCUT2D eigenvalue weighted by atomic mass is 10.1. The number of pyridine rings is 1. The highest BCUT2D eigenvalue weighted by Gasteiger charge is 2.05. The van der Waals surface area contributed by atoms with Crippen molar-refractivity contribution in [3.8, 4) is 5.75 Å². The van der Waals surface area contributed by atoms with Crippen LogP contribution in [0.1, 0.15) is 20.3 Å². The molecule has 1 aromatic heterocycles. The molecule has 0 saturated carbocycles. The SMILES string of the molecule is CCC(C)Nc1nccc2ccc(O)cc12. The number of aromatic hydroxyl groups is 1. The monoisotopic (exact) mass is 216 g/mol. The molecule has 16 heavy (non-hydrogen) atoms. The summed E-state index contributed by atoms with van der Waals surface area (Å²) in [7, 11) is 0. The van der Waals surface area contributed by atoms with Crippen LogP contribution in [0.3, 0.4) is 0 Å². The molecule has 84 valence electrons. The highest BCUT2D eigenvalue weighted by atomic mass is 16.3. The summed E-state index contributed by atoms with van der Waals surface area (Å²) >= 11 is 0. The first-order valence-electron chi connectivity index (χ1n) is 5.55. The van der Waals surface area contributed by atoms with E-state index in [1.165, 1.54) is 0 Å². The summed E-state index contributed by atoms with van der Waals surface area (Å²) in [6.45, 7) is 4.24. The van der Waals surface area contributed by atoms with Gasteiger partial charge < -0.3 is 10.4 Å². The molecular weight excluding hydrogens is 200 g/mol. The molecule has 1 aromatic carbocycles. The van der Waals surface area contributed by atoms with Gasteiger partial charge in [-0.1, -0.05) is 13.0 Å². The summed E-state index contributed by atoms with van der Waals surface area (Å²) in [4.78, 5) is 4.31. The minimum atomic E-state index is 0.271. The summed E-state index contributed by atoms with van der Waals surface area (Å²) < 4.78 is 0. The molecule has 0 spiro atoms. The Labute approximate surface area is 95.1 Å². The minimum absolute atomic E-state index is 0.271.